The quantitative estimate of drug-likeness (QED) is 0.821. The second-order valence-electron chi connectivity index (χ2n) is 5.18. The van der Waals surface area contributed by atoms with E-state index in [4.69, 9.17) is 4.74 Å². The summed E-state index contributed by atoms with van der Waals surface area (Å²) in [7, 11) is 0. The van der Waals surface area contributed by atoms with Crippen LogP contribution in [0.4, 0.5) is 0 Å². The zero-order valence-electron chi connectivity index (χ0n) is 10.8. The maximum Gasteiger partial charge on any atom is 0.312 e. The third-order valence-electron chi connectivity index (χ3n) is 2.39. The summed E-state index contributed by atoms with van der Waals surface area (Å²) >= 11 is 0. The molecule has 0 aliphatic carbocycles. The van der Waals surface area contributed by atoms with Crippen LogP contribution in [-0.4, -0.2) is 16.7 Å². The highest BCUT2D eigenvalue weighted by Gasteiger charge is 2.28. The van der Waals surface area contributed by atoms with Crippen LogP contribution in [0.1, 0.15) is 39.4 Å². The van der Waals surface area contributed by atoms with Gasteiger partial charge in [0.05, 0.1) is 12.0 Å². The van der Waals surface area contributed by atoms with Crippen LogP contribution >= 0.6 is 0 Å². The molecule has 2 atom stereocenters. The van der Waals surface area contributed by atoms with Gasteiger partial charge in [-0.25, -0.2) is 0 Å². The van der Waals surface area contributed by atoms with Crippen LogP contribution in [0, 0.1) is 5.92 Å². The Hall–Kier alpha value is -1.35. The zero-order valence-corrected chi connectivity index (χ0v) is 10.8. The summed E-state index contributed by atoms with van der Waals surface area (Å²) in [6.07, 6.45) is -0.828. The molecule has 3 heteroatoms. The fraction of sp³-hybridized carbons (Fsp3) is 0.500. The van der Waals surface area contributed by atoms with Crippen molar-refractivity contribution in [2.75, 3.05) is 0 Å². The number of aliphatic hydroxyl groups is 1. The van der Waals surface area contributed by atoms with Gasteiger partial charge >= 0.3 is 5.97 Å². The van der Waals surface area contributed by atoms with Crippen molar-refractivity contribution in [3.8, 4) is 0 Å². The van der Waals surface area contributed by atoms with Gasteiger partial charge in [0.15, 0.2) is 0 Å². The first-order valence-electron chi connectivity index (χ1n) is 5.77. The van der Waals surface area contributed by atoms with Crippen LogP contribution in [0.3, 0.4) is 0 Å². The van der Waals surface area contributed by atoms with Crippen molar-refractivity contribution in [2.24, 2.45) is 5.92 Å². The Balaban J connectivity index is 2.70. The third-order valence-corrected chi connectivity index (χ3v) is 2.39. The average Bonchev–Trinajstić information content (AvgIpc) is 2.26. The molecule has 0 heterocycles. The number of carbonyl (C=O) groups excluding carboxylic acids is 1. The molecule has 0 aromatic heterocycles. The van der Waals surface area contributed by atoms with Crippen molar-refractivity contribution in [2.45, 2.75) is 39.4 Å². The zero-order chi connectivity index (χ0) is 13.1. The van der Waals surface area contributed by atoms with Crippen LogP contribution in [0.5, 0.6) is 0 Å². The van der Waals surface area contributed by atoms with E-state index in [0.717, 1.165) is 5.56 Å². The van der Waals surface area contributed by atoms with Crippen LogP contribution < -0.4 is 0 Å². The Kier molecular flexibility index (Phi) is 4.29. The minimum atomic E-state index is -0.828. The molecule has 1 aromatic carbocycles. The molecule has 0 fully saturated rings. The Bertz CT molecular complexity index is 365. The first-order valence-corrected chi connectivity index (χ1v) is 5.77. The largest absolute Gasteiger partial charge is 0.460 e. The third kappa shape index (κ3) is 4.19. The van der Waals surface area contributed by atoms with E-state index in [1.54, 1.807) is 19.1 Å². The van der Waals surface area contributed by atoms with E-state index in [1.165, 1.54) is 0 Å². The smallest absolute Gasteiger partial charge is 0.312 e. The molecule has 0 aliphatic heterocycles. The van der Waals surface area contributed by atoms with Gasteiger partial charge in [-0.3, -0.25) is 4.79 Å². The van der Waals surface area contributed by atoms with Crippen molar-refractivity contribution in [3.63, 3.8) is 0 Å². The van der Waals surface area contributed by atoms with Crippen molar-refractivity contribution in [1.82, 2.24) is 0 Å². The highest BCUT2D eigenvalue weighted by atomic mass is 16.6. The highest BCUT2D eigenvalue weighted by Crippen LogP contribution is 2.24. The summed E-state index contributed by atoms with van der Waals surface area (Å²) in [5.74, 6) is -0.953. The lowest BCUT2D eigenvalue weighted by Crippen LogP contribution is -2.30. The van der Waals surface area contributed by atoms with Crippen LogP contribution in [-0.2, 0) is 9.53 Å². The van der Waals surface area contributed by atoms with Crippen molar-refractivity contribution < 1.29 is 14.6 Å². The summed E-state index contributed by atoms with van der Waals surface area (Å²) < 4.78 is 5.24. The van der Waals surface area contributed by atoms with E-state index in [2.05, 4.69) is 0 Å². The summed E-state index contributed by atoms with van der Waals surface area (Å²) in [4.78, 5) is 11.8. The van der Waals surface area contributed by atoms with Crippen molar-refractivity contribution in [1.29, 1.82) is 0 Å². The minimum absolute atomic E-state index is 0.381. The van der Waals surface area contributed by atoms with Gasteiger partial charge in [-0.2, -0.15) is 0 Å². The Labute approximate surface area is 102 Å². The van der Waals surface area contributed by atoms with Crippen molar-refractivity contribution in [3.05, 3.63) is 35.9 Å². The number of esters is 1. The monoisotopic (exact) mass is 236 g/mol. The molecule has 0 aliphatic rings. The van der Waals surface area contributed by atoms with Gasteiger partial charge in [-0.05, 0) is 33.3 Å². The summed E-state index contributed by atoms with van der Waals surface area (Å²) in [5.41, 5.74) is 0.202. The molecule has 0 saturated heterocycles. The standard InChI is InChI=1S/C14H20O3/c1-10(13(16)17-14(2,3)4)12(15)11-8-6-5-7-9-11/h5-10,12,15H,1-4H3/t10-,12+/m1/s1. The number of carbonyl (C=O) groups is 1. The molecule has 17 heavy (non-hydrogen) atoms. The second-order valence-corrected chi connectivity index (χ2v) is 5.18. The van der Waals surface area contributed by atoms with Crippen LogP contribution in [0.25, 0.3) is 0 Å². The van der Waals surface area contributed by atoms with Crippen LogP contribution in [0.2, 0.25) is 0 Å². The molecule has 0 saturated carbocycles. The first-order chi connectivity index (χ1) is 7.81. The van der Waals surface area contributed by atoms with E-state index < -0.39 is 17.6 Å². The van der Waals surface area contributed by atoms with Gasteiger partial charge in [0.1, 0.15) is 5.60 Å². The number of aliphatic hydroxyl groups excluding tert-OH is 1. The molecule has 3 nitrogen and oxygen atoms in total. The van der Waals surface area contributed by atoms with Gasteiger partial charge in [-0.15, -0.1) is 0 Å². The first kappa shape index (κ1) is 13.7. The number of rotatable bonds is 3. The number of hydrogen-bond acceptors (Lipinski definition) is 3. The predicted molar refractivity (Wildman–Crippen MR) is 66.4 cm³/mol. The minimum Gasteiger partial charge on any atom is -0.460 e. The maximum atomic E-state index is 11.8. The van der Waals surface area contributed by atoms with E-state index in [-0.39, 0.29) is 5.97 Å². The Morgan fingerprint density at radius 1 is 1.24 bits per heavy atom. The highest BCUT2D eigenvalue weighted by molar-refractivity contribution is 5.73. The normalized spacial score (nSPS) is 15.1. The predicted octanol–water partition coefficient (Wildman–Crippen LogP) is 2.70. The van der Waals surface area contributed by atoms with Crippen molar-refractivity contribution >= 4 is 5.97 Å². The summed E-state index contributed by atoms with van der Waals surface area (Å²) in [6.45, 7) is 7.11. The molecule has 94 valence electrons. The molecule has 0 unspecified atom stereocenters. The Morgan fingerprint density at radius 2 is 1.76 bits per heavy atom. The second kappa shape index (κ2) is 5.32. The molecular formula is C14H20O3. The van der Waals surface area contributed by atoms with Gasteiger partial charge < -0.3 is 9.84 Å². The lowest BCUT2D eigenvalue weighted by atomic mass is 9.97. The fourth-order valence-corrected chi connectivity index (χ4v) is 1.46. The Morgan fingerprint density at radius 3 is 2.24 bits per heavy atom. The van der Waals surface area contributed by atoms with E-state index in [9.17, 15) is 9.90 Å². The van der Waals surface area contributed by atoms with Gasteiger partial charge in [0.25, 0.3) is 0 Å². The summed E-state index contributed by atoms with van der Waals surface area (Å²) in [5, 5.41) is 10.1. The number of benzene rings is 1. The molecule has 1 aromatic rings. The van der Waals surface area contributed by atoms with Crippen LogP contribution in [0.15, 0.2) is 30.3 Å². The molecule has 1 N–H and O–H groups in total. The molecule has 0 radical (unpaired) electrons. The number of hydrogen-bond donors (Lipinski definition) is 1. The SMILES string of the molecule is C[C@@H](C(=O)OC(C)(C)C)[C@H](O)c1ccccc1. The molecular weight excluding hydrogens is 216 g/mol. The average molecular weight is 236 g/mol. The molecule has 0 amide bonds. The lowest BCUT2D eigenvalue weighted by Gasteiger charge is -2.24. The molecule has 1 rings (SSSR count). The topological polar surface area (TPSA) is 46.5 Å². The maximum absolute atomic E-state index is 11.8. The van der Waals surface area contributed by atoms with Gasteiger partial charge in [0, 0.05) is 0 Å². The summed E-state index contributed by atoms with van der Waals surface area (Å²) in [6, 6.07) is 9.13. The van der Waals surface area contributed by atoms with E-state index in [1.807, 2.05) is 39.0 Å². The van der Waals surface area contributed by atoms with E-state index >= 15 is 0 Å². The van der Waals surface area contributed by atoms with Gasteiger partial charge in [-0.1, -0.05) is 30.3 Å². The lowest BCUT2D eigenvalue weighted by molar-refractivity contribution is -0.163. The fourth-order valence-electron chi connectivity index (χ4n) is 1.46. The van der Waals surface area contributed by atoms with E-state index in [0.29, 0.717) is 0 Å². The van der Waals surface area contributed by atoms with Gasteiger partial charge in [0.2, 0.25) is 0 Å². The molecule has 0 bridgehead atoms. The number of ether oxygens (including phenoxy) is 1. The molecule has 0 spiro atoms.